The molecule has 3 N–H and O–H groups in total. The average molecular weight is 148 g/mol. The molecule has 0 amide bonds. The number of rotatable bonds is 6. The van der Waals surface area contributed by atoms with Crippen LogP contribution in [0.1, 0.15) is 12.8 Å². The van der Waals surface area contributed by atoms with E-state index < -0.39 is 0 Å². The van der Waals surface area contributed by atoms with Crippen molar-refractivity contribution in [1.82, 2.24) is 0 Å². The predicted octanol–water partition coefficient (Wildman–Crippen LogP) is -0.304. The molecule has 0 saturated heterocycles. The van der Waals surface area contributed by atoms with E-state index in [1.807, 2.05) is 0 Å². The van der Waals surface area contributed by atoms with E-state index in [1.165, 1.54) is 0 Å². The highest BCUT2D eigenvalue weighted by Gasteiger charge is 2.05. The van der Waals surface area contributed by atoms with Gasteiger partial charge in [0, 0.05) is 6.61 Å². The van der Waals surface area contributed by atoms with E-state index in [0.717, 1.165) is 6.42 Å². The Kier molecular flexibility index (Phi) is 6.84. The fourth-order valence-electron chi connectivity index (χ4n) is 0.745. The molecule has 0 aromatic rings. The first-order chi connectivity index (χ1) is 4.85. The van der Waals surface area contributed by atoms with Crippen molar-refractivity contribution in [3.05, 3.63) is 0 Å². The van der Waals surface area contributed by atoms with Gasteiger partial charge in [0.1, 0.15) is 0 Å². The fourth-order valence-corrected chi connectivity index (χ4v) is 0.745. The maximum atomic E-state index is 9.64. The molecule has 0 saturated carbocycles. The molecule has 1 radical (unpaired) electrons. The van der Waals surface area contributed by atoms with Gasteiger partial charge in [-0.25, -0.2) is 4.89 Å². The summed E-state index contributed by atoms with van der Waals surface area (Å²) in [6.07, 6.45) is 1.44. The second-order valence-electron chi connectivity index (χ2n) is 2.25. The molecule has 0 bridgehead atoms. The summed E-state index contributed by atoms with van der Waals surface area (Å²) in [6, 6.07) is 0. The molecule has 0 aromatic heterocycles. The largest absolute Gasteiger partial charge is 0.396 e. The molecular weight excluding hydrogens is 134 g/mol. The van der Waals surface area contributed by atoms with Crippen molar-refractivity contribution in [2.45, 2.75) is 12.8 Å². The van der Waals surface area contributed by atoms with E-state index in [9.17, 15) is 5.26 Å². The molecule has 0 aliphatic carbocycles. The molecule has 10 heavy (non-hydrogen) atoms. The van der Waals surface area contributed by atoms with E-state index in [0.29, 0.717) is 13.0 Å². The molecule has 0 spiro atoms. The van der Waals surface area contributed by atoms with Gasteiger partial charge in [0.2, 0.25) is 0 Å². The molecule has 4 nitrogen and oxygen atoms in total. The van der Waals surface area contributed by atoms with Crippen molar-refractivity contribution in [2.24, 2.45) is 11.7 Å². The smallest absolute Gasteiger partial charge is 0.0895 e. The lowest BCUT2D eigenvalue weighted by Crippen LogP contribution is -2.19. The molecular formula is C6H14NO3. The monoisotopic (exact) mass is 148 g/mol. The van der Waals surface area contributed by atoms with Gasteiger partial charge >= 0.3 is 0 Å². The van der Waals surface area contributed by atoms with Crippen LogP contribution in [-0.4, -0.2) is 24.9 Å². The first kappa shape index (κ1) is 9.84. The van der Waals surface area contributed by atoms with Crippen LogP contribution in [0.4, 0.5) is 0 Å². The van der Waals surface area contributed by atoms with Gasteiger partial charge in [-0.15, -0.1) is 0 Å². The lowest BCUT2D eigenvalue weighted by molar-refractivity contribution is -0.310. The highest BCUT2D eigenvalue weighted by molar-refractivity contribution is 4.57. The van der Waals surface area contributed by atoms with Crippen LogP contribution >= 0.6 is 0 Å². The summed E-state index contributed by atoms with van der Waals surface area (Å²) in [5, 5.41) is 18.1. The zero-order valence-corrected chi connectivity index (χ0v) is 5.95. The molecule has 1 unspecified atom stereocenters. The van der Waals surface area contributed by atoms with Crippen molar-refractivity contribution in [3.8, 4) is 0 Å². The molecule has 0 aliphatic rings. The van der Waals surface area contributed by atoms with E-state index in [-0.39, 0.29) is 19.1 Å². The Morgan fingerprint density at radius 3 is 2.70 bits per heavy atom. The Labute approximate surface area is 60.5 Å². The van der Waals surface area contributed by atoms with Gasteiger partial charge in [0.15, 0.2) is 0 Å². The van der Waals surface area contributed by atoms with Crippen LogP contribution in [0, 0.1) is 5.92 Å². The van der Waals surface area contributed by atoms with Crippen LogP contribution in [0.3, 0.4) is 0 Å². The minimum Gasteiger partial charge on any atom is -0.396 e. The summed E-state index contributed by atoms with van der Waals surface area (Å²) in [5.41, 5.74) is 5.30. The Hall–Kier alpha value is -0.160. The third-order valence-electron chi connectivity index (χ3n) is 1.41. The minimum atomic E-state index is 0.102. The molecule has 0 heterocycles. The molecule has 0 rings (SSSR count). The van der Waals surface area contributed by atoms with Gasteiger partial charge < -0.3 is 10.8 Å². The predicted molar refractivity (Wildman–Crippen MR) is 35.5 cm³/mol. The van der Waals surface area contributed by atoms with Crippen molar-refractivity contribution < 1.29 is 15.3 Å². The first-order valence-electron chi connectivity index (χ1n) is 3.40. The summed E-state index contributed by atoms with van der Waals surface area (Å²) >= 11 is 0. The third-order valence-corrected chi connectivity index (χ3v) is 1.41. The molecule has 1 atom stereocenters. The SMILES string of the molecule is NCC(CCCO)CO[O]. The molecule has 4 heteroatoms. The standard InChI is InChI=1S/C6H14NO3/c7-4-6(5-10-9)2-1-3-8/h6,8H,1-5,7H2. The van der Waals surface area contributed by atoms with E-state index in [2.05, 4.69) is 4.89 Å². The zero-order valence-electron chi connectivity index (χ0n) is 5.95. The number of hydrogen-bond donors (Lipinski definition) is 2. The number of hydrogen-bond acceptors (Lipinski definition) is 3. The summed E-state index contributed by atoms with van der Waals surface area (Å²) in [6.45, 7) is 0.744. The van der Waals surface area contributed by atoms with Gasteiger partial charge in [0.25, 0.3) is 0 Å². The number of aliphatic hydroxyl groups is 1. The Balaban J connectivity index is 3.21. The topological polar surface area (TPSA) is 75.4 Å². The average Bonchev–Trinajstić information content (AvgIpc) is 1.98. The Morgan fingerprint density at radius 1 is 1.60 bits per heavy atom. The van der Waals surface area contributed by atoms with Gasteiger partial charge in [0.05, 0.1) is 6.61 Å². The quantitative estimate of drug-likeness (QED) is 0.401. The van der Waals surface area contributed by atoms with Crippen LogP contribution in [-0.2, 0) is 10.1 Å². The first-order valence-corrected chi connectivity index (χ1v) is 3.40. The zero-order chi connectivity index (χ0) is 7.82. The molecule has 0 aromatic carbocycles. The summed E-state index contributed by atoms with van der Waals surface area (Å²) in [5.74, 6) is 0.102. The van der Waals surface area contributed by atoms with Crippen molar-refractivity contribution in [2.75, 3.05) is 19.8 Å². The lowest BCUT2D eigenvalue weighted by Gasteiger charge is -2.09. The van der Waals surface area contributed by atoms with E-state index in [4.69, 9.17) is 10.8 Å². The van der Waals surface area contributed by atoms with Crippen molar-refractivity contribution in [1.29, 1.82) is 0 Å². The number of nitrogens with two attached hydrogens (primary N) is 1. The van der Waals surface area contributed by atoms with Gasteiger partial charge in [-0.2, -0.15) is 0 Å². The third kappa shape index (κ3) is 4.69. The lowest BCUT2D eigenvalue weighted by atomic mass is 10.1. The summed E-state index contributed by atoms with van der Waals surface area (Å²) in [4.78, 5) is 3.68. The fraction of sp³-hybridized carbons (Fsp3) is 1.00. The van der Waals surface area contributed by atoms with Crippen LogP contribution in [0.25, 0.3) is 0 Å². The van der Waals surface area contributed by atoms with E-state index >= 15 is 0 Å². The number of aliphatic hydroxyl groups excluding tert-OH is 1. The molecule has 61 valence electrons. The van der Waals surface area contributed by atoms with Crippen molar-refractivity contribution in [3.63, 3.8) is 0 Å². The van der Waals surface area contributed by atoms with Gasteiger partial charge in [-0.05, 0) is 30.6 Å². The van der Waals surface area contributed by atoms with Crippen LogP contribution < -0.4 is 5.73 Å². The summed E-state index contributed by atoms with van der Waals surface area (Å²) in [7, 11) is 0. The van der Waals surface area contributed by atoms with Crippen molar-refractivity contribution >= 4 is 0 Å². The highest BCUT2D eigenvalue weighted by Crippen LogP contribution is 2.03. The van der Waals surface area contributed by atoms with Crippen LogP contribution in [0.15, 0.2) is 0 Å². The molecule has 0 aliphatic heterocycles. The van der Waals surface area contributed by atoms with Gasteiger partial charge in [-0.1, -0.05) is 0 Å². The highest BCUT2D eigenvalue weighted by atomic mass is 17.1. The Bertz CT molecular complexity index is 70.0. The normalized spacial score (nSPS) is 13.5. The van der Waals surface area contributed by atoms with Crippen LogP contribution in [0.5, 0.6) is 0 Å². The maximum Gasteiger partial charge on any atom is 0.0895 e. The summed E-state index contributed by atoms with van der Waals surface area (Å²) < 4.78 is 0. The maximum absolute atomic E-state index is 9.64. The van der Waals surface area contributed by atoms with Crippen LogP contribution in [0.2, 0.25) is 0 Å². The minimum absolute atomic E-state index is 0.102. The van der Waals surface area contributed by atoms with E-state index in [1.54, 1.807) is 0 Å². The molecule has 0 fully saturated rings. The second-order valence-corrected chi connectivity index (χ2v) is 2.25. The van der Waals surface area contributed by atoms with Gasteiger partial charge in [-0.3, -0.25) is 0 Å². The Morgan fingerprint density at radius 2 is 2.30 bits per heavy atom. The second kappa shape index (κ2) is 6.95.